The quantitative estimate of drug-likeness (QED) is 0.323. The summed E-state index contributed by atoms with van der Waals surface area (Å²) in [5.41, 5.74) is 0. The second-order valence-electron chi connectivity index (χ2n) is 0. The third-order valence-corrected chi connectivity index (χ3v) is 0. The van der Waals surface area contributed by atoms with Crippen LogP contribution in [0.2, 0.25) is 0 Å². The first kappa shape index (κ1) is 46.0. The fourth-order valence-corrected chi connectivity index (χ4v) is 0. The van der Waals surface area contributed by atoms with Crippen LogP contribution in [0.15, 0.2) is 0 Å². The summed E-state index contributed by atoms with van der Waals surface area (Å²) in [7, 11) is 0. The van der Waals surface area contributed by atoms with Gasteiger partial charge >= 0.3 is 35.9 Å². The minimum Gasteiger partial charge on any atom is -2.00 e. The summed E-state index contributed by atoms with van der Waals surface area (Å²) >= 11 is 0. The van der Waals surface area contributed by atoms with Crippen molar-refractivity contribution in [2.24, 2.45) is 0 Å². The van der Waals surface area contributed by atoms with Gasteiger partial charge in [-0.15, -0.1) is 0 Å². The predicted molar refractivity (Wildman–Crippen MR) is 17.8 cm³/mol. The van der Waals surface area contributed by atoms with E-state index < -0.39 is 0 Å². The molecule has 0 aromatic heterocycles. The van der Waals surface area contributed by atoms with Gasteiger partial charge in [-0.1, -0.05) is 0 Å². The number of rotatable bonds is 0. The molecule has 0 aromatic carbocycles. The van der Waals surface area contributed by atoms with Gasteiger partial charge in [-0.25, -0.2) is 0 Å². The molecule has 0 heterocycles. The second kappa shape index (κ2) is 23.2. The molecule has 0 unspecified atom stereocenters. The van der Waals surface area contributed by atoms with E-state index in [1.165, 1.54) is 0 Å². The van der Waals surface area contributed by atoms with Crippen molar-refractivity contribution in [2.75, 3.05) is 0 Å². The molecule has 0 N–H and O–H groups in total. The molecule has 0 atom stereocenters. The molecule has 0 bridgehead atoms. The van der Waals surface area contributed by atoms with E-state index in [4.69, 9.17) is 0 Å². The normalized spacial score (nSPS) is 0. The van der Waals surface area contributed by atoms with Gasteiger partial charge in [-0.2, -0.15) is 0 Å². The molecule has 0 spiro atoms. The van der Waals surface area contributed by atoms with Crippen LogP contribution in [0.4, 0.5) is 0 Å². The van der Waals surface area contributed by atoms with Gasteiger partial charge in [0.15, 0.2) is 17.4 Å². The van der Waals surface area contributed by atoms with Crippen molar-refractivity contribution in [1.29, 1.82) is 0 Å². The first-order chi connectivity index (χ1) is 0. The average Bonchev–Trinajstić information content (AvgIpc) is 0. The average molecular weight is 109 g/mol. The van der Waals surface area contributed by atoms with Gasteiger partial charge in [-0.3, -0.25) is 0 Å². The Morgan fingerprint density at radius 3 is 1.00 bits per heavy atom. The molecule has 4 heteroatoms. The van der Waals surface area contributed by atoms with Gasteiger partial charge in [0, 0.05) is 0 Å². The molecule has 4 heavy (non-hydrogen) atoms. The van der Waals surface area contributed by atoms with E-state index in [0.29, 0.717) is 0 Å². The Hall–Kier alpha value is 1.61. The van der Waals surface area contributed by atoms with Crippen molar-refractivity contribution in [3.05, 3.63) is 0 Å². The van der Waals surface area contributed by atoms with Crippen molar-refractivity contribution in [2.45, 2.75) is 0 Å². The summed E-state index contributed by atoms with van der Waals surface area (Å²) in [6.07, 6.45) is 0. The van der Waals surface area contributed by atoms with Crippen LogP contribution in [0.1, 0.15) is 0 Å². The van der Waals surface area contributed by atoms with E-state index in [9.17, 15) is 0 Å². The Morgan fingerprint density at radius 1 is 1.00 bits per heavy atom. The summed E-state index contributed by atoms with van der Waals surface area (Å²) < 4.78 is 0. The fourth-order valence-electron chi connectivity index (χ4n) is 0. The topological polar surface area (TPSA) is 28.5 Å². The third-order valence-electron chi connectivity index (χ3n) is 0. The van der Waals surface area contributed by atoms with Crippen molar-refractivity contribution in [3.8, 4) is 0 Å². The second-order valence-corrected chi connectivity index (χ2v) is 0. The van der Waals surface area contributed by atoms with Crippen LogP contribution in [0, 0.1) is 0 Å². The first-order valence-corrected chi connectivity index (χ1v) is 0. The predicted octanol–water partition coefficient (Wildman–Crippen LogP) is -1.95. The third kappa shape index (κ3) is 9.49. The van der Waals surface area contributed by atoms with Crippen molar-refractivity contribution >= 4 is 36.2 Å². The van der Waals surface area contributed by atoms with Gasteiger partial charge in [-0.05, 0) is 0 Å². The van der Waals surface area contributed by atoms with Crippen LogP contribution in [0.5, 0.6) is 0 Å². The van der Waals surface area contributed by atoms with E-state index in [1.807, 2.05) is 0 Å². The first-order valence-electron chi connectivity index (χ1n) is 0. The maximum absolute atomic E-state index is 0. The molecule has 0 aliphatic rings. The Labute approximate surface area is 58.6 Å². The minimum atomic E-state index is 0. The largest absolute Gasteiger partial charge is 2.00 e. The van der Waals surface area contributed by atoms with Gasteiger partial charge in [0.2, 0.25) is 0 Å². The Kier molecular flexibility index (Phi) is 267. The molecule has 0 rings (SSSR count). The SMILES string of the molecule is [AlH3].[LiH].[Mn+2].[O-2]. The maximum Gasteiger partial charge on any atom is 2.00 e. The zero-order valence-corrected chi connectivity index (χ0v) is 1.97. The standard InChI is InChI=1S/Al.Li.Mn.O.4H/q;;+2;-2;;;;. The summed E-state index contributed by atoms with van der Waals surface area (Å²) in [5, 5.41) is 0. The molecule has 0 fully saturated rings. The summed E-state index contributed by atoms with van der Waals surface area (Å²) in [5.74, 6) is 0. The van der Waals surface area contributed by atoms with Gasteiger partial charge < -0.3 is 5.48 Å². The van der Waals surface area contributed by atoms with Crippen LogP contribution >= 0.6 is 0 Å². The van der Waals surface area contributed by atoms with Crippen LogP contribution in [0.3, 0.4) is 0 Å². The van der Waals surface area contributed by atoms with E-state index >= 15 is 0 Å². The fraction of sp³-hybridized carbons (Fsp3) is 0. The van der Waals surface area contributed by atoms with Crippen molar-refractivity contribution in [1.82, 2.24) is 0 Å². The Morgan fingerprint density at radius 2 is 1.00 bits per heavy atom. The van der Waals surface area contributed by atoms with E-state index in [1.54, 1.807) is 0 Å². The minimum absolute atomic E-state index is 0. The molecule has 0 saturated carbocycles. The molecular formula is H4AlLiMnO. The summed E-state index contributed by atoms with van der Waals surface area (Å²) in [4.78, 5) is 0. The molecule has 0 aliphatic heterocycles. The zero-order chi connectivity index (χ0) is 0. The molecule has 0 amide bonds. The molecule has 0 aromatic rings. The molecule has 1 nitrogen and oxygen atoms in total. The van der Waals surface area contributed by atoms with E-state index in [0.717, 1.165) is 0 Å². The molecule has 21 valence electrons. The summed E-state index contributed by atoms with van der Waals surface area (Å²) in [6, 6.07) is 0. The van der Waals surface area contributed by atoms with Gasteiger partial charge in [0.25, 0.3) is 0 Å². The van der Waals surface area contributed by atoms with Crippen molar-refractivity contribution < 1.29 is 22.5 Å². The summed E-state index contributed by atoms with van der Waals surface area (Å²) in [6.45, 7) is 0. The monoisotopic (exact) mass is 109 g/mol. The smallest absolute Gasteiger partial charge is 2.00 e. The maximum atomic E-state index is 0. The van der Waals surface area contributed by atoms with Crippen LogP contribution in [-0.4, -0.2) is 36.2 Å². The van der Waals surface area contributed by atoms with Crippen molar-refractivity contribution in [3.63, 3.8) is 0 Å². The number of hydrogen-bond acceptors (Lipinski definition) is 0. The van der Waals surface area contributed by atoms with E-state index in [2.05, 4.69) is 0 Å². The Bertz CT molecular complexity index is 8.00. The van der Waals surface area contributed by atoms with Crippen LogP contribution < -0.4 is 0 Å². The molecule has 1 radical (unpaired) electrons. The zero-order valence-electron chi connectivity index (χ0n) is 0.786. The Balaban J connectivity index is 0. The molecule has 0 aliphatic carbocycles. The van der Waals surface area contributed by atoms with Gasteiger partial charge in [0.05, 0.1) is 0 Å². The molecule has 0 saturated heterocycles. The molecular weight excluding hydrogens is 105 g/mol. The van der Waals surface area contributed by atoms with Crippen LogP contribution in [-0.2, 0) is 22.5 Å². The van der Waals surface area contributed by atoms with Gasteiger partial charge in [0.1, 0.15) is 0 Å². The van der Waals surface area contributed by atoms with E-state index in [-0.39, 0.29) is 58.8 Å². The van der Waals surface area contributed by atoms with Crippen LogP contribution in [0.25, 0.3) is 0 Å². The number of hydrogen-bond donors (Lipinski definition) is 0.